The molecule has 0 saturated carbocycles. The van der Waals surface area contributed by atoms with Crippen molar-refractivity contribution in [3.05, 3.63) is 29.3 Å². The SMILES string of the molecule is CC(=O)c1ccc(C#N)cc1OCC(C)(C)N(C)C. The van der Waals surface area contributed by atoms with E-state index in [-0.39, 0.29) is 11.3 Å². The van der Waals surface area contributed by atoms with Gasteiger partial charge in [0.2, 0.25) is 0 Å². The molecule has 102 valence electrons. The van der Waals surface area contributed by atoms with Crippen LogP contribution in [0, 0.1) is 11.3 Å². The van der Waals surface area contributed by atoms with Crippen LogP contribution in [0.4, 0.5) is 0 Å². The van der Waals surface area contributed by atoms with Gasteiger partial charge in [-0.05, 0) is 53.1 Å². The molecule has 19 heavy (non-hydrogen) atoms. The highest BCUT2D eigenvalue weighted by Gasteiger charge is 2.22. The molecular weight excluding hydrogens is 240 g/mol. The summed E-state index contributed by atoms with van der Waals surface area (Å²) >= 11 is 0. The average molecular weight is 260 g/mol. The first-order valence-electron chi connectivity index (χ1n) is 6.13. The minimum atomic E-state index is -0.156. The Hall–Kier alpha value is -1.86. The van der Waals surface area contributed by atoms with Gasteiger partial charge < -0.3 is 9.64 Å². The number of rotatable bonds is 5. The number of hydrogen-bond donors (Lipinski definition) is 0. The van der Waals surface area contributed by atoms with Crippen molar-refractivity contribution in [1.29, 1.82) is 5.26 Å². The van der Waals surface area contributed by atoms with Crippen LogP contribution in [0.1, 0.15) is 36.7 Å². The summed E-state index contributed by atoms with van der Waals surface area (Å²) in [6.45, 7) is 6.03. The molecule has 0 aliphatic heterocycles. The first kappa shape index (κ1) is 15.2. The van der Waals surface area contributed by atoms with Gasteiger partial charge in [0.25, 0.3) is 0 Å². The maximum atomic E-state index is 11.6. The van der Waals surface area contributed by atoms with Crippen LogP contribution in [0.25, 0.3) is 0 Å². The third-order valence-corrected chi connectivity index (χ3v) is 3.28. The molecule has 0 aliphatic carbocycles. The maximum absolute atomic E-state index is 11.6. The second-order valence-corrected chi connectivity index (χ2v) is 5.37. The lowest BCUT2D eigenvalue weighted by atomic mass is 10.1. The summed E-state index contributed by atoms with van der Waals surface area (Å²) in [5, 5.41) is 8.91. The van der Waals surface area contributed by atoms with Crippen molar-refractivity contribution < 1.29 is 9.53 Å². The zero-order valence-electron chi connectivity index (χ0n) is 12.2. The Morgan fingerprint density at radius 3 is 2.53 bits per heavy atom. The van der Waals surface area contributed by atoms with Crippen molar-refractivity contribution in [2.75, 3.05) is 20.7 Å². The van der Waals surface area contributed by atoms with Crippen LogP contribution in [0.2, 0.25) is 0 Å². The predicted molar refractivity (Wildman–Crippen MR) is 74.4 cm³/mol. The summed E-state index contributed by atoms with van der Waals surface area (Å²) in [5.74, 6) is 0.406. The first-order valence-corrected chi connectivity index (χ1v) is 6.13. The number of hydrogen-bond acceptors (Lipinski definition) is 4. The van der Waals surface area contributed by atoms with Gasteiger partial charge in [-0.3, -0.25) is 4.79 Å². The predicted octanol–water partition coefficient (Wildman–Crippen LogP) is 2.48. The van der Waals surface area contributed by atoms with Gasteiger partial charge in [-0.15, -0.1) is 0 Å². The molecule has 0 bridgehead atoms. The summed E-state index contributed by atoms with van der Waals surface area (Å²) in [4.78, 5) is 13.6. The Balaban J connectivity index is 2.99. The Kier molecular flexibility index (Phi) is 4.68. The Morgan fingerprint density at radius 2 is 2.05 bits per heavy atom. The molecule has 0 unspecified atom stereocenters. The van der Waals surface area contributed by atoms with Gasteiger partial charge in [0, 0.05) is 5.54 Å². The Bertz CT molecular complexity index is 513. The lowest BCUT2D eigenvalue weighted by Crippen LogP contribution is -2.43. The van der Waals surface area contributed by atoms with Crippen molar-refractivity contribution in [3.8, 4) is 11.8 Å². The second-order valence-electron chi connectivity index (χ2n) is 5.37. The number of nitrogens with zero attached hydrogens (tertiary/aromatic N) is 2. The van der Waals surface area contributed by atoms with E-state index in [0.29, 0.717) is 23.5 Å². The van der Waals surface area contributed by atoms with Crippen LogP contribution in [0.15, 0.2) is 18.2 Å². The van der Waals surface area contributed by atoms with E-state index in [9.17, 15) is 4.79 Å². The topological polar surface area (TPSA) is 53.3 Å². The number of likely N-dealkylation sites (N-methyl/N-ethyl adjacent to an activating group) is 1. The molecule has 0 spiro atoms. The molecule has 1 rings (SSSR count). The van der Waals surface area contributed by atoms with Gasteiger partial charge in [-0.2, -0.15) is 5.26 Å². The number of nitriles is 1. The molecule has 0 aliphatic rings. The molecule has 0 aromatic heterocycles. The Labute approximate surface area is 114 Å². The lowest BCUT2D eigenvalue weighted by Gasteiger charge is -2.32. The van der Waals surface area contributed by atoms with Gasteiger partial charge in [-0.25, -0.2) is 0 Å². The van der Waals surface area contributed by atoms with Gasteiger partial charge in [0.05, 0.1) is 17.2 Å². The summed E-state index contributed by atoms with van der Waals surface area (Å²) in [7, 11) is 3.95. The minimum absolute atomic E-state index is 0.0675. The normalized spacial score (nSPS) is 11.2. The van der Waals surface area contributed by atoms with Crippen molar-refractivity contribution in [3.63, 3.8) is 0 Å². The third kappa shape index (κ3) is 3.80. The van der Waals surface area contributed by atoms with Crippen LogP contribution >= 0.6 is 0 Å². The quantitative estimate of drug-likeness (QED) is 0.763. The van der Waals surface area contributed by atoms with Crippen LogP contribution in [0.3, 0.4) is 0 Å². The fraction of sp³-hybridized carbons (Fsp3) is 0.467. The second kappa shape index (κ2) is 5.85. The average Bonchev–Trinajstić information content (AvgIpc) is 2.35. The van der Waals surface area contributed by atoms with E-state index in [1.54, 1.807) is 18.2 Å². The maximum Gasteiger partial charge on any atom is 0.163 e. The van der Waals surface area contributed by atoms with Crippen LogP contribution in [-0.4, -0.2) is 36.9 Å². The van der Waals surface area contributed by atoms with Gasteiger partial charge in [-0.1, -0.05) is 0 Å². The number of ether oxygens (including phenoxy) is 1. The molecule has 0 heterocycles. The molecule has 4 nitrogen and oxygen atoms in total. The highest BCUT2D eigenvalue weighted by Crippen LogP contribution is 2.23. The fourth-order valence-corrected chi connectivity index (χ4v) is 1.39. The molecule has 0 amide bonds. The summed E-state index contributed by atoms with van der Waals surface area (Å²) in [6.07, 6.45) is 0. The van der Waals surface area contributed by atoms with E-state index in [1.807, 2.05) is 14.1 Å². The minimum Gasteiger partial charge on any atom is -0.491 e. The molecule has 1 aromatic rings. The molecule has 0 saturated heterocycles. The number of benzene rings is 1. The number of carbonyl (C=O) groups excluding carboxylic acids is 1. The summed E-state index contributed by atoms with van der Waals surface area (Å²) < 4.78 is 5.75. The number of ketones is 1. The molecule has 0 N–H and O–H groups in total. The third-order valence-electron chi connectivity index (χ3n) is 3.28. The molecule has 1 aromatic carbocycles. The zero-order valence-corrected chi connectivity index (χ0v) is 12.2. The van der Waals surface area contributed by atoms with E-state index in [1.165, 1.54) is 6.92 Å². The molecule has 0 atom stereocenters. The first-order chi connectivity index (χ1) is 8.77. The van der Waals surface area contributed by atoms with Crippen molar-refractivity contribution in [2.45, 2.75) is 26.3 Å². The molecule has 4 heteroatoms. The van der Waals surface area contributed by atoms with Gasteiger partial charge in [0.15, 0.2) is 5.78 Å². The van der Waals surface area contributed by atoms with Crippen LogP contribution < -0.4 is 4.74 Å². The Morgan fingerprint density at radius 1 is 1.42 bits per heavy atom. The van der Waals surface area contributed by atoms with Crippen molar-refractivity contribution in [2.24, 2.45) is 0 Å². The highest BCUT2D eigenvalue weighted by molar-refractivity contribution is 5.97. The van der Waals surface area contributed by atoms with Crippen LogP contribution in [0.5, 0.6) is 5.75 Å². The summed E-state index contributed by atoms with van der Waals surface area (Å²) in [5.41, 5.74) is 0.840. The largest absolute Gasteiger partial charge is 0.491 e. The van der Waals surface area contributed by atoms with E-state index in [2.05, 4.69) is 24.8 Å². The number of carbonyl (C=O) groups is 1. The van der Waals surface area contributed by atoms with E-state index < -0.39 is 0 Å². The van der Waals surface area contributed by atoms with E-state index >= 15 is 0 Å². The van der Waals surface area contributed by atoms with Crippen LogP contribution in [-0.2, 0) is 0 Å². The number of Topliss-reactive ketones (excluding diaryl/α,β-unsaturated/α-hetero) is 1. The van der Waals surface area contributed by atoms with E-state index in [4.69, 9.17) is 10.00 Å². The highest BCUT2D eigenvalue weighted by atomic mass is 16.5. The fourth-order valence-electron chi connectivity index (χ4n) is 1.39. The summed E-state index contributed by atoms with van der Waals surface area (Å²) in [6, 6.07) is 6.93. The molecular formula is C15H20N2O2. The molecule has 0 fully saturated rings. The molecule has 0 radical (unpaired) electrons. The van der Waals surface area contributed by atoms with Crippen molar-refractivity contribution in [1.82, 2.24) is 4.90 Å². The zero-order chi connectivity index (χ0) is 14.6. The standard InChI is InChI=1S/C15H20N2O2/c1-11(18)13-7-6-12(9-16)8-14(13)19-10-15(2,3)17(4)5/h6-8H,10H2,1-5H3. The smallest absolute Gasteiger partial charge is 0.163 e. The van der Waals surface area contributed by atoms with Gasteiger partial charge in [0.1, 0.15) is 12.4 Å². The van der Waals surface area contributed by atoms with E-state index in [0.717, 1.165) is 0 Å². The monoisotopic (exact) mass is 260 g/mol. The lowest BCUT2D eigenvalue weighted by molar-refractivity contribution is 0.0987. The van der Waals surface area contributed by atoms with Gasteiger partial charge >= 0.3 is 0 Å². The van der Waals surface area contributed by atoms with Crippen molar-refractivity contribution >= 4 is 5.78 Å².